The van der Waals surface area contributed by atoms with Crippen molar-refractivity contribution in [2.45, 2.75) is 24.3 Å². The highest BCUT2D eigenvalue weighted by atomic mass is 32.2. The Balaban J connectivity index is 1.93. The predicted molar refractivity (Wildman–Crippen MR) is 73.0 cm³/mol. The fourth-order valence-corrected chi connectivity index (χ4v) is 3.38. The summed E-state index contributed by atoms with van der Waals surface area (Å²) in [6.45, 7) is 0.423. The maximum Gasteiger partial charge on any atom is 0.244 e. The van der Waals surface area contributed by atoms with Crippen molar-refractivity contribution in [3.63, 3.8) is 0 Å². The molecular weight excluding hydrogens is 296 g/mol. The maximum absolute atomic E-state index is 12.4. The van der Waals surface area contributed by atoms with E-state index in [9.17, 15) is 8.42 Å². The number of fused-ring (bicyclic) bond motifs is 1. The molecule has 0 atom stereocenters. The molecule has 0 fully saturated rings. The number of nitrogens with two attached hydrogens (primary N) is 1. The van der Waals surface area contributed by atoms with E-state index in [1.54, 1.807) is 6.07 Å². The Morgan fingerprint density at radius 1 is 1.38 bits per heavy atom. The van der Waals surface area contributed by atoms with Crippen LogP contribution in [0.4, 0.5) is 5.69 Å². The van der Waals surface area contributed by atoms with Crippen LogP contribution in [0.2, 0.25) is 0 Å². The molecule has 8 nitrogen and oxygen atoms in total. The van der Waals surface area contributed by atoms with Crippen LogP contribution in [0.5, 0.6) is 5.75 Å². The second-order valence-corrected chi connectivity index (χ2v) is 6.37. The van der Waals surface area contributed by atoms with E-state index >= 15 is 0 Å². The van der Waals surface area contributed by atoms with Crippen molar-refractivity contribution in [1.29, 1.82) is 0 Å². The number of hydrogen-bond acceptors (Lipinski definition) is 7. The van der Waals surface area contributed by atoms with Crippen molar-refractivity contribution >= 4 is 15.7 Å². The first-order chi connectivity index (χ1) is 10.1. The number of rotatable bonds is 4. The second kappa shape index (κ2) is 5.34. The number of hydrogen-bond donors (Lipinski definition) is 2. The van der Waals surface area contributed by atoms with Crippen molar-refractivity contribution in [3.8, 4) is 5.75 Å². The zero-order valence-corrected chi connectivity index (χ0v) is 11.9. The number of nitrogens with zero attached hydrogens (tertiary/aromatic N) is 2. The molecule has 0 unspecified atom stereocenters. The normalized spacial score (nSPS) is 14.5. The van der Waals surface area contributed by atoms with Gasteiger partial charge in [-0.15, -0.1) is 0 Å². The Morgan fingerprint density at radius 2 is 2.24 bits per heavy atom. The van der Waals surface area contributed by atoms with Gasteiger partial charge in [0.2, 0.25) is 16.4 Å². The maximum atomic E-state index is 12.4. The van der Waals surface area contributed by atoms with Gasteiger partial charge in [0, 0.05) is 5.69 Å². The van der Waals surface area contributed by atoms with E-state index in [-0.39, 0.29) is 17.3 Å². The number of sulfonamides is 1. The number of nitrogen functional groups attached to an aromatic ring is 1. The Labute approximate surface area is 121 Å². The van der Waals surface area contributed by atoms with Crippen molar-refractivity contribution < 1.29 is 17.7 Å². The number of ether oxygens (including phenoxy) is 1. The molecule has 1 aliphatic heterocycles. The summed E-state index contributed by atoms with van der Waals surface area (Å²) in [6, 6.07) is 3.13. The molecule has 2 heterocycles. The molecule has 112 valence electrons. The van der Waals surface area contributed by atoms with Crippen LogP contribution >= 0.6 is 0 Å². The fourth-order valence-electron chi connectivity index (χ4n) is 2.18. The number of benzene rings is 1. The first-order valence-electron chi connectivity index (χ1n) is 6.36. The lowest BCUT2D eigenvalue weighted by Gasteiger charge is -2.21. The third-order valence-corrected chi connectivity index (χ3v) is 4.51. The van der Waals surface area contributed by atoms with Gasteiger partial charge in [0.25, 0.3) is 0 Å². The first-order valence-corrected chi connectivity index (χ1v) is 7.85. The van der Waals surface area contributed by atoms with Gasteiger partial charge in [-0.05, 0) is 30.5 Å². The van der Waals surface area contributed by atoms with E-state index in [4.69, 9.17) is 10.5 Å². The molecular formula is C12H14N4O4S. The van der Waals surface area contributed by atoms with Gasteiger partial charge in [0.05, 0.1) is 13.2 Å². The number of aryl methyl sites for hydroxylation is 1. The van der Waals surface area contributed by atoms with Crippen molar-refractivity contribution in [2.24, 2.45) is 0 Å². The lowest BCUT2D eigenvalue weighted by Crippen LogP contribution is -2.25. The van der Waals surface area contributed by atoms with Gasteiger partial charge in [-0.25, -0.2) is 13.1 Å². The first kappa shape index (κ1) is 13.8. The Hall–Kier alpha value is -2.13. The van der Waals surface area contributed by atoms with E-state index in [1.165, 1.54) is 6.07 Å². The topological polar surface area (TPSA) is 120 Å². The summed E-state index contributed by atoms with van der Waals surface area (Å²) in [6.07, 6.45) is 2.72. The summed E-state index contributed by atoms with van der Waals surface area (Å²) in [5, 5.41) is 3.55. The van der Waals surface area contributed by atoms with Gasteiger partial charge in [0.15, 0.2) is 5.82 Å². The smallest absolute Gasteiger partial charge is 0.244 e. The van der Waals surface area contributed by atoms with Crippen LogP contribution in [-0.2, 0) is 23.0 Å². The Kier molecular flexibility index (Phi) is 3.52. The van der Waals surface area contributed by atoms with E-state index in [2.05, 4.69) is 19.4 Å². The molecule has 21 heavy (non-hydrogen) atoms. The quantitative estimate of drug-likeness (QED) is 0.787. The highest BCUT2D eigenvalue weighted by molar-refractivity contribution is 7.89. The molecule has 0 bridgehead atoms. The lowest BCUT2D eigenvalue weighted by molar-refractivity contribution is 0.280. The Morgan fingerprint density at radius 3 is 3.00 bits per heavy atom. The van der Waals surface area contributed by atoms with Gasteiger partial charge >= 0.3 is 0 Å². The molecule has 0 spiro atoms. The lowest BCUT2D eigenvalue weighted by atomic mass is 10.1. The average molecular weight is 310 g/mol. The van der Waals surface area contributed by atoms with Gasteiger partial charge in [-0.3, -0.25) is 0 Å². The summed E-state index contributed by atoms with van der Waals surface area (Å²) in [4.78, 5) is 3.80. The van der Waals surface area contributed by atoms with Gasteiger partial charge in [0.1, 0.15) is 10.6 Å². The molecule has 0 radical (unpaired) electrons. The molecule has 1 aromatic carbocycles. The molecule has 0 saturated heterocycles. The highest BCUT2D eigenvalue weighted by Gasteiger charge is 2.25. The van der Waals surface area contributed by atoms with Crippen LogP contribution in [0.25, 0.3) is 0 Å². The minimum atomic E-state index is -3.78. The molecule has 0 amide bonds. The molecule has 0 aliphatic carbocycles. The molecule has 2 aromatic rings. The van der Waals surface area contributed by atoms with Crippen LogP contribution in [0, 0.1) is 0 Å². The average Bonchev–Trinajstić information content (AvgIpc) is 2.97. The zero-order valence-electron chi connectivity index (χ0n) is 11.1. The second-order valence-electron chi connectivity index (χ2n) is 4.63. The molecule has 3 rings (SSSR count). The van der Waals surface area contributed by atoms with E-state index in [0.29, 0.717) is 18.0 Å². The third-order valence-electron chi connectivity index (χ3n) is 3.11. The highest BCUT2D eigenvalue weighted by Crippen LogP contribution is 2.34. The summed E-state index contributed by atoms with van der Waals surface area (Å²) in [5.41, 5.74) is 6.98. The number of anilines is 1. The minimum Gasteiger partial charge on any atom is -0.492 e. The van der Waals surface area contributed by atoms with E-state index < -0.39 is 10.0 Å². The molecule has 9 heteroatoms. The summed E-state index contributed by atoms with van der Waals surface area (Å²) < 4.78 is 37.3. The summed E-state index contributed by atoms with van der Waals surface area (Å²) >= 11 is 0. The standard InChI is InChI=1S/C12H14N4O4S/c13-9-4-8-2-1-3-19-12(8)10(5-9)21(17,18)15-6-11-14-7-20-16-11/h4-5,7,15H,1-3,6,13H2. The van der Waals surface area contributed by atoms with Gasteiger partial charge in [-0.1, -0.05) is 5.16 Å². The molecule has 0 saturated carbocycles. The van der Waals surface area contributed by atoms with Crippen molar-refractivity contribution in [1.82, 2.24) is 14.9 Å². The van der Waals surface area contributed by atoms with Crippen LogP contribution in [0.1, 0.15) is 17.8 Å². The van der Waals surface area contributed by atoms with Crippen LogP contribution in [0.3, 0.4) is 0 Å². The largest absolute Gasteiger partial charge is 0.492 e. The summed E-state index contributed by atoms with van der Waals surface area (Å²) in [7, 11) is -3.78. The SMILES string of the molecule is Nc1cc2c(c(S(=O)(=O)NCc3ncon3)c1)OCCC2. The monoisotopic (exact) mass is 310 g/mol. The van der Waals surface area contributed by atoms with Crippen molar-refractivity contribution in [3.05, 3.63) is 29.9 Å². The predicted octanol–water partition coefficient (Wildman–Crippen LogP) is 0.455. The van der Waals surface area contributed by atoms with Crippen LogP contribution < -0.4 is 15.2 Å². The minimum absolute atomic E-state index is 0.0423. The molecule has 1 aliphatic rings. The molecule has 1 aromatic heterocycles. The van der Waals surface area contributed by atoms with E-state index in [1.807, 2.05) is 0 Å². The third kappa shape index (κ3) is 2.83. The van der Waals surface area contributed by atoms with Crippen LogP contribution in [-0.4, -0.2) is 25.2 Å². The van der Waals surface area contributed by atoms with Crippen molar-refractivity contribution in [2.75, 3.05) is 12.3 Å². The van der Waals surface area contributed by atoms with Gasteiger partial charge < -0.3 is 15.0 Å². The number of nitrogens with one attached hydrogen (secondary N) is 1. The molecule has 3 N–H and O–H groups in total. The van der Waals surface area contributed by atoms with E-state index in [0.717, 1.165) is 24.8 Å². The Bertz CT molecular complexity index is 743. The number of aromatic nitrogens is 2. The zero-order chi connectivity index (χ0) is 14.9. The van der Waals surface area contributed by atoms with Crippen LogP contribution in [0.15, 0.2) is 27.9 Å². The van der Waals surface area contributed by atoms with Gasteiger partial charge in [-0.2, -0.15) is 4.98 Å². The fraction of sp³-hybridized carbons (Fsp3) is 0.333. The summed E-state index contributed by atoms with van der Waals surface area (Å²) in [5.74, 6) is 0.619.